The van der Waals surface area contributed by atoms with Crippen molar-refractivity contribution in [3.05, 3.63) is 137 Å². The van der Waals surface area contributed by atoms with Gasteiger partial charge in [0.1, 0.15) is 17.1 Å². The van der Waals surface area contributed by atoms with Crippen molar-refractivity contribution in [3.63, 3.8) is 0 Å². The van der Waals surface area contributed by atoms with Crippen molar-refractivity contribution in [3.8, 4) is 11.1 Å². The maximum absolute atomic E-state index is 13.6. The number of benzene rings is 5. The van der Waals surface area contributed by atoms with Gasteiger partial charge < -0.3 is 14.9 Å². The van der Waals surface area contributed by atoms with Gasteiger partial charge in [-0.05, 0) is 69.4 Å². The summed E-state index contributed by atoms with van der Waals surface area (Å²) in [7, 11) is 0. The van der Waals surface area contributed by atoms with E-state index in [1.54, 1.807) is 18.2 Å². The van der Waals surface area contributed by atoms with Crippen molar-refractivity contribution in [2.24, 2.45) is 0 Å². The number of carboxylic acid groups (broad SMARTS) is 1. The van der Waals surface area contributed by atoms with Crippen LogP contribution in [0.1, 0.15) is 37.6 Å². The maximum Gasteiger partial charge on any atom is 0.335 e. The van der Waals surface area contributed by atoms with Gasteiger partial charge >= 0.3 is 5.97 Å². The Morgan fingerprint density at radius 1 is 0.800 bits per heavy atom. The van der Waals surface area contributed by atoms with E-state index in [2.05, 4.69) is 10.5 Å². The largest absolute Gasteiger partial charge is 0.478 e. The molecular weight excluding hydrogens is 507 g/mol. The van der Waals surface area contributed by atoms with Gasteiger partial charge in [0.2, 0.25) is 0 Å². The molecule has 0 spiro atoms. The van der Waals surface area contributed by atoms with Crippen LogP contribution in [0, 0.1) is 5.82 Å². The molecular formula is C33H23FN2O4. The lowest BCUT2D eigenvalue weighted by Crippen LogP contribution is -2.23. The highest BCUT2D eigenvalue weighted by Gasteiger charge is 2.20. The number of fused-ring (bicyclic) bond motifs is 2. The Balaban J connectivity index is 1.36. The summed E-state index contributed by atoms with van der Waals surface area (Å²) >= 11 is 0. The molecule has 0 bridgehead atoms. The van der Waals surface area contributed by atoms with Crippen LogP contribution in [0.2, 0.25) is 0 Å². The second-order valence-electron chi connectivity index (χ2n) is 9.58. The lowest BCUT2D eigenvalue weighted by Gasteiger charge is -2.10. The third-order valence-corrected chi connectivity index (χ3v) is 6.89. The Kier molecular flexibility index (Phi) is 6.54. The Labute approximate surface area is 228 Å². The number of nitrogens with one attached hydrogen (secondary N) is 1. The average Bonchev–Trinajstić information content (AvgIpc) is 3.38. The molecule has 1 heterocycles. The number of aromatic nitrogens is 1. The number of halogens is 1. The van der Waals surface area contributed by atoms with Gasteiger partial charge in [0.25, 0.3) is 5.91 Å². The van der Waals surface area contributed by atoms with Crippen LogP contribution in [-0.4, -0.2) is 22.1 Å². The number of aromatic carboxylic acids is 1. The molecule has 1 aromatic heterocycles. The number of nitrogens with zero attached hydrogens (tertiary/aromatic N) is 1. The van der Waals surface area contributed by atoms with E-state index in [1.807, 2.05) is 60.7 Å². The van der Waals surface area contributed by atoms with E-state index in [1.165, 1.54) is 24.3 Å². The standard InChI is InChI=1S/C33H23FN2O4/c34-27-13-12-24-14-21(8-11-25(24)16-27)15-30-31-28(32(37)35-19-20-6-9-23(10-7-20)33(38)39)17-26(18-29(31)36-40-30)22-4-2-1-3-5-22/h1-14,16-18H,15,19H2,(H,35,37)(H,38,39). The van der Waals surface area contributed by atoms with Gasteiger partial charge in [-0.1, -0.05) is 71.9 Å². The molecule has 0 atom stereocenters. The van der Waals surface area contributed by atoms with Crippen molar-refractivity contribution in [2.75, 3.05) is 0 Å². The first-order valence-electron chi connectivity index (χ1n) is 12.7. The number of carbonyl (C=O) groups excluding carboxylic acids is 1. The maximum atomic E-state index is 13.6. The highest BCUT2D eigenvalue weighted by atomic mass is 19.1. The Morgan fingerprint density at radius 3 is 2.30 bits per heavy atom. The predicted molar refractivity (Wildman–Crippen MR) is 151 cm³/mol. The fourth-order valence-electron chi connectivity index (χ4n) is 4.84. The minimum absolute atomic E-state index is 0.181. The monoisotopic (exact) mass is 530 g/mol. The molecule has 0 aliphatic carbocycles. The van der Waals surface area contributed by atoms with E-state index in [0.29, 0.717) is 28.6 Å². The van der Waals surface area contributed by atoms with Crippen LogP contribution in [-0.2, 0) is 13.0 Å². The first-order chi connectivity index (χ1) is 19.4. The number of hydrogen-bond donors (Lipinski definition) is 2. The first-order valence-corrected chi connectivity index (χ1v) is 12.7. The highest BCUT2D eigenvalue weighted by molar-refractivity contribution is 6.08. The van der Waals surface area contributed by atoms with E-state index < -0.39 is 5.97 Å². The summed E-state index contributed by atoms with van der Waals surface area (Å²) in [6, 6.07) is 30.2. The summed E-state index contributed by atoms with van der Waals surface area (Å²) < 4.78 is 19.4. The van der Waals surface area contributed by atoms with Crippen LogP contribution in [0.25, 0.3) is 32.8 Å². The molecule has 40 heavy (non-hydrogen) atoms. The van der Waals surface area contributed by atoms with Gasteiger partial charge in [0.05, 0.1) is 16.5 Å². The van der Waals surface area contributed by atoms with Crippen LogP contribution in [0.4, 0.5) is 4.39 Å². The third-order valence-electron chi connectivity index (χ3n) is 6.89. The molecule has 0 aliphatic rings. The molecule has 0 saturated carbocycles. The second-order valence-corrected chi connectivity index (χ2v) is 9.58. The minimum Gasteiger partial charge on any atom is -0.478 e. The zero-order valence-electron chi connectivity index (χ0n) is 21.2. The lowest BCUT2D eigenvalue weighted by atomic mass is 9.96. The zero-order valence-corrected chi connectivity index (χ0v) is 21.2. The Bertz CT molecular complexity index is 1880. The number of hydrogen-bond acceptors (Lipinski definition) is 4. The van der Waals surface area contributed by atoms with Gasteiger partial charge in [0, 0.05) is 13.0 Å². The van der Waals surface area contributed by atoms with Crippen LogP contribution in [0.15, 0.2) is 108 Å². The quantitative estimate of drug-likeness (QED) is 0.232. The zero-order chi connectivity index (χ0) is 27.6. The Hall–Kier alpha value is -5.30. The summed E-state index contributed by atoms with van der Waals surface area (Å²) in [5.41, 5.74) is 4.65. The molecule has 1 amide bonds. The van der Waals surface area contributed by atoms with E-state index in [0.717, 1.165) is 33.0 Å². The van der Waals surface area contributed by atoms with Crippen molar-refractivity contribution in [1.82, 2.24) is 10.5 Å². The fraction of sp³-hybridized carbons (Fsp3) is 0.0606. The van der Waals surface area contributed by atoms with Gasteiger partial charge in [-0.15, -0.1) is 0 Å². The normalized spacial score (nSPS) is 11.1. The molecule has 2 N–H and O–H groups in total. The van der Waals surface area contributed by atoms with Crippen LogP contribution in [0.5, 0.6) is 0 Å². The van der Waals surface area contributed by atoms with Crippen molar-refractivity contribution in [2.45, 2.75) is 13.0 Å². The van der Waals surface area contributed by atoms with Gasteiger partial charge in [-0.3, -0.25) is 4.79 Å². The molecule has 0 saturated heterocycles. The smallest absolute Gasteiger partial charge is 0.335 e. The number of amides is 1. The van der Waals surface area contributed by atoms with Crippen molar-refractivity contribution < 1.29 is 23.6 Å². The molecule has 0 unspecified atom stereocenters. The van der Waals surface area contributed by atoms with E-state index in [-0.39, 0.29) is 23.8 Å². The summed E-state index contributed by atoms with van der Waals surface area (Å²) in [6.45, 7) is 0.220. The van der Waals surface area contributed by atoms with Gasteiger partial charge in [0.15, 0.2) is 0 Å². The second kappa shape index (κ2) is 10.5. The minimum atomic E-state index is -1.01. The van der Waals surface area contributed by atoms with Crippen molar-refractivity contribution in [1.29, 1.82) is 0 Å². The SMILES string of the molecule is O=C(O)c1ccc(CNC(=O)c2cc(-c3ccccc3)cc3noc(Cc4ccc5cc(F)ccc5c4)c23)cc1. The molecule has 0 radical (unpaired) electrons. The van der Waals surface area contributed by atoms with Crippen molar-refractivity contribution >= 4 is 33.6 Å². The predicted octanol–water partition coefficient (Wildman–Crippen LogP) is 7.01. The summed E-state index contributed by atoms with van der Waals surface area (Å²) in [5, 5.41) is 18.7. The van der Waals surface area contributed by atoms with E-state index in [4.69, 9.17) is 9.63 Å². The van der Waals surface area contributed by atoms with E-state index in [9.17, 15) is 14.0 Å². The van der Waals surface area contributed by atoms with Gasteiger partial charge in [-0.2, -0.15) is 0 Å². The molecule has 6 nitrogen and oxygen atoms in total. The molecule has 6 rings (SSSR count). The molecule has 0 aliphatic heterocycles. The molecule has 6 aromatic rings. The summed E-state index contributed by atoms with van der Waals surface area (Å²) in [6.07, 6.45) is 0.394. The highest BCUT2D eigenvalue weighted by Crippen LogP contribution is 2.31. The van der Waals surface area contributed by atoms with Crippen LogP contribution < -0.4 is 5.32 Å². The lowest BCUT2D eigenvalue weighted by molar-refractivity contribution is 0.0696. The average molecular weight is 531 g/mol. The number of carboxylic acids is 1. The number of rotatable bonds is 7. The Morgan fingerprint density at radius 2 is 1.52 bits per heavy atom. The van der Waals surface area contributed by atoms with Crippen LogP contribution >= 0.6 is 0 Å². The van der Waals surface area contributed by atoms with Gasteiger partial charge in [-0.25, -0.2) is 9.18 Å². The fourth-order valence-corrected chi connectivity index (χ4v) is 4.84. The molecule has 5 aromatic carbocycles. The topological polar surface area (TPSA) is 92.4 Å². The summed E-state index contributed by atoms with van der Waals surface area (Å²) in [5.74, 6) is -1.05. The molecule has 0 fully saturated rings. The molecule has 196 valence electrons. The molecule has 7 heteroatoms. The third kappa shape index (κ3) is 5.05. The number of carbonyl (C=O) groups is 2. The van der Waals surface area contributed by atoms with Crippen LogP contribution in [0.3, 0.4) is 0 Å². The van der Waals surface area contributed by atoms with E-state index >= 15 is 0 Å². The summed E-state index contributed by atoms with van der Waals surface area (Å²) in [4.78, 5) is 24.7. The first kappa shape index (κ1) is 25.0.